The molecule has 5 heteroatoms. The van der Waals surface area contributed by atoms with E-state index in [4.69, 9.17) is 10.8 Å². The molecule has 1 aromatic carbocycles. The number of aromatic nitrogens is 1. The Bertz CT molecular complexity index is 574. The standard InChI is InChI=1S/C12H12N2O3/c13-9(12(16)17)4-8-5-14-10-3-1-2-7(6-15)11(8)10/h1-3,5-6,9,14H,4,13H2,(H,16,17)/t9-/m0/s1. The van der Waals surface area contributed by atoms with Crippen LogP contribution in [0.1, 0.15) is 15.9 Å². The zero-order valence-electron chi connectivity index (χ0n) is 9.01. The van der Waals surface area contributed by atoms with Crippen LogP contribution < -0.4 is 5.73 Å². The number of benzene rings is 1. The number of carbonyl (C=O) groups is 2. The summed E-state index contributed by atoms with van der Waals surface area (Å²) in [6.45, 7) is 0. The molecule has 4 N–H and O–H groups in total. The summed E-state index contributed by atoms with van der Waals surface area (Å²) in [5, 5.41) is 9.52. The Labute approximate surface area is 97.2 Å². The Morgan fingerprint density at radius 3 is 2.94 bits per heavy atom. The third kappa shape index (κ3) is 2.05. The summed E-state index contributed by atoms with van der Waals surface area (Å²) in [6, 6.07) is 4.33. The topological polar surface area (TPSA) is 96.2 Å². The van der Waals surface area contributed by atoms with Gasteiger partial charge in [-0.05, 0) is 11.6 Å². The molecule has 17 heavy (non-hydrogen) atoms. The molecule has 0 saturated carbocycles. The maximum atomic E-state index is 10.9. The molecule has 0 amide bonds. The fourth-order valence-electron chi connectivity index (χ4n) is 1.87. The van der Waals surface area contributed by atoms with E-state index in [0.717, 1.165) is 22.8 Å². The van der Waals surface area contributed by atoms with Gasteiger partial charge in [0.1, 0.15) is 6.04 Å². The summed E-state index contributed by atoms with van der Waals surface area (Å²) < 4.78 is 0. The average molecular weight is 232 g/mol. The fourth-order valence-corrected chi connectivity index (χ4v) is 1.87. The Hall–Kier alpha value is -2.14. The summed E-state index contributed by atoms with van der Waals surface area (Å²) in [6.07, 6.45) is 2.65. The first-order valence-corrected chi connectivity index (χ1v) is 5.16. The normalized spacial score (nSPS) is 12.5. The highest BCUT2D eigenvalue weighted by molar-refractivity contribution is 5.99. The Kier molecular flexibility index (Phi) is 2.93. The van der Waals surface area contributed by atoms with E-state index in [1.54, 1.807) is 18.3 Å². The highest BCUT2D eigenvalue weighted by Gasteiger charge is 2.16. The summed E-state index contributed by atoms with van der Waals surface area (Å²) in [4.78, 5) is 24.6. The summed E-state index contributed by atoms with van der Waals surface area (Å²) in [5.74, 6) is -1.05. The molecule has 0 aliphatic carbocycles. The van der Waals surface area contributed by atoms with Crippen LogP contribution in [0, 0.1) is 0 Å². The van der Waals surface area contributed by atoms with Gasteiger partial charge in [-0.2, -0.15) is 0 Å². The van der Waals surface area contributed by atoms with E-state index in [2.05, 4.69) is 4.98 Å². The van der Waals surface area contributed by atoms with E-state index in [-0.39, 0.29) is 6.42 Å². The molecule has 0 aliphatic heterocycles. The van der Waals surface area contributed by atoms with Crippen LogP contribution in [0.5, 0.6) is 0 Å². The molecule has 0 aliphatic rings. The van der Waals surface area contributed by atoms with Gasteiger partial charge >= 0.3 is 5.97 Å². The number of hydrogen-bond donors (Lipinski definition) is 3. The van der Waals surface area contributed by atoms with E-state index >= 15 is 0 Å². The number of H-pyrrole nitrogens is 1. The number of hydrogen-bond acceptors (Lipinski definition) is 3. The third-order valence-electron chi connectivity index (χ3n) is 2.70. The number of rotatable bonds is 4. The number of nitrogens with one attached hydrogen (secondary N) is 1. The number of fused-ring (bicyclic) bond motifs is 1. The minimum absolute atomic E-state index is 0.195. The molecule has 1 atom stereocenters. The van der Waals surface area contributed by atoms with Crippen molar-refractivity contribution in [3.05, 3.63) is 35.5 Å². The zero-order valence-corrected chi connectivity index (χ0v) is 9.01. The van der Waals surface area contributed by atoms with Gasteiger partial charge in [0.2, 0.25) is 0 Å². The molecule has 0 radical (unpaired) electrons. The first-order valence-electron chi connectivity index (χ1n) is 5.16. The lowest BCUT2D eigenvalue weighted by atomic mass is 10.0. The second kappa shape index (κ2) is 4.39. The molecule has 2 aromatic rings. The lowest BCUT2D eigenvalue weighted by molar-refractivity contribution is -0.138. The molecular formula is C12H12N2O3. The molecule has 0 unspecified atom stereocenters. The predicted molar refractivity (Wildman–Crippen MR) is 63.0 cm³/mol. The van der Waals surface area contributed by atoms with E-state index in [1.165, 1.54) is 0 Å². The Balaban J connectivity index is 2.48. The maximum Gasteiger partial charge on any atom is 0.320 e. The maximum absolute atomic E-state index is 10.9. The van der Waals surface area contributed by atoms with Crippen LogP contribution in [0.15, 0.2) is 24.4 Å². The van der Waals surface area contributed by atoms with E-state index < -0.39 is 12.0 Å². The van der Waals surface area contributed by atoms with Crippen LogP contribution in [-0.2, 0) is 11.2 Å². The number of aromatic amines is 1. The van der Waals surface area contributed by atoms with Gasteiger partial charge < -0.3 is 15.8 Å². The number of carboxylic acids is 1. The average Bonchev–Trinajstić information content (AvgIpc) is 2.72. The number of nitrogens with two attached hydrogens (primary N) is 1. The van der Waals surface area contributed by atoms with Gasteiger partial charge in [-0.15, -0.1) is 0 Å². The highest BCUT2D eigenvalue weighted by Crippen LogP contribution is 2.22. The SMILES string of the molecule is N[C@@H](Cc1c[nH]c2cccc(C=O)c12)C(=O)O. The highest BCUT2D eigenvalue weighted by atomic mass is 16.4. The van der Waals surface area contributed by atoms with Gasteiger partial charge in [0.05, 0.1) is 0 Å². The van der Waals surface area contributed by atoms with Gasteiger partial charge in [0.25, 0.3) is 0 Å². The number of aldehydes is 1. The van der Waals surface area contributed by atoms with Gasteiger partial charge in [-0.1, -0.05) is 12.1 Å². The second-order valence-corrected chi connectivity index (χ2v) is 3.85. The number of aliphatic carboxylic acids is 1. The van der Waals surface area contributed by atoms with Crippen LogP contribution in [0.25, 0.3) is 10.9 Å². The molecular weight excluding hydrogens is 220 g/mol. The molecule has 5 nitrogen and oxygen atoms in total. The van der Waals surface area contributed by atoms with Crippen molar-refractivity contribution in [2.75, 3.05) is 0 Å². The summed E-state index contributed by atoms with van der Waals surface area (Å²) >= 11 is 0. The van der Waals surface area contributed by atoms with E-state index in [0.29, 0.717) is 5.56 Å². The third-order valence-corrected chi connectivity index (χ3v) is 2.70. The van der Waals surface area contributed by atoms with Crippen molar-refractivity contribution < 1.29 is 14.7 Å². The molecule has 0 spiro atoms. The largest absolute Gasteiger partial charge is 0.480 e. The van der Waals surface area contributed by atoms with Crippen molar-refractivity contribution in [2.24, 2.45) is 5.73 Å². The molecule has 0 fully saturated rings. The monoisotopic (exact) mass is 232 g/mol. The van der Waals surface area contributed by atoms with Crippen molar-refractivity contribution in [2.45, 2.75) is 12.5 Å². The lowest BCUT2D eigenvalue weighted by Crippen LogP contribution is -2.32. The predicted octanol–water partition coefficient (Wildman–Crippen LogP) is 0.935. The van der Waals surface area contributed by atoms with Crippen LogP contribution in [0.2, 0.25) is 0 Å². The first-order chi connectivity index (χ1) is 8.13. The molecule has 2 rings (SSSR count). The van der Waals surface area contributed by atoms with Gasteiger partial charge in [0, 0.05) is 29.1 Å². The summed E-state index contributed by atoms with van der Waals surface area (Å²) in [5.41, 5.74) is 7.58. The van der Waals surface area contributed by atoms with E-state index in [9.17, 15) is 9.59 Å². The van der Waals surface area contributed by atoms with Crippen LogP contribution >= 0.6 is 0 Å². The molecule has 0 saturated heterocycles. The van der Waals surface area contributed by atoms with Crippen LogP contribution in [0.4, 0.5) is 0 Å². The molecule has 1 heterocycles. The lowest BCUT2D eigenvalue weighted by Gasteiger charge is -2.05. The van der Waals surface area contributed by atoms with Crippen LogP contribution in [0.3, 0.4) is 0 Å². The van der Waals surface area contributed by atoms with Crippen molar-refractivity contribution in [1.82, 2.24) is 4.98 Å². The zero-order chi connectivity index (χ0) is 12.4. The van der Waals surface area contributed by atoms with Gasteiger partial charge in [0.15, 0.2) is 6.29 Å². The second-order valence-electron chi connectivity index (χ2n) is 3.85. The van der Waals surface area contributed by atoms with Crippen molar-refractivity contribution in [3.8, 4) is 0 Å². The Morgan fingerprint density at radius 2 is 2.29 bits per heavy atom. The first kappa shape index (κ1) is 11.3. The minimum atomic E-state index is -1.05. The number of carboxylic acid groups (broad SMARTS) is 1. The summed E-state index contributed by atoms with van der Waals surface area (Å²) in [7, 11) is 0. The van der Waals surface area contributed by atoms with Crippen molar-refractivity contribution in [3.63, 3.8) is 0 Å². The van der Waals surface area contributed by atoms with Crippen LogP contribution in [-0.4, -0.2) is 28.4 Å². The molecule has 0 bridgehead atoms. The van der Waals surface area contributed by atoms with Gasteiger partial charge in [-0.3, -0.25) is 9.59 Å². The van der Waals surface area contributed by atoms with E-state index in [1.807, 2.05) is 6.07 Å². The fraction of sp³-hybridized carbons (Fsp3) is 0.167. The molecule has 88 valence electrons. The van der Waals surface area contributed by atoms with Crippen molar-refractivity contribution >= 4 is 23.2 Å². The minimum Gasteiger partial charge on any atom is -0.480 e. The van der Waals surface area contributed by atoms with Crippen molar-refractivity contribution in [1.29, 1.82) is 0 Å². The smallest absolute Gasteiger partial charge is 0.320 e. The van der Waals surface area contributed by atoms with Gasteiger partial charge in [-0.25, -0.2) is 0 Å². The molecule has 1 aromatic heterocycles. The quantitative estimate of drug-likeness (QED) is 0.683. The Morgan fingerprint density at radius 1 is 1.53 bits per heavy atom. The number of carbonyl (C=O) groups excluding carboxylic acids is 1.